The molecule has 10 nitrogen and oxygen atoms in total. The number of hydrogen-bond acceptors (Lipinski definition) is 7. The van der Waals surface area contributed by atoms with Crippen LogP contribution in [-0.4, -0.2) is 66.5 Å². The number of fused-ring (bicyclic) bond motifs is 1. The van der Waals surface area contributed by atoms with Crippen molar-refractivity contribution in [2.75, 3.05) is 13.7 Å². The number of ether oxygens (including phenoxy) is 3. The number of esters is 2. The maximum absolute atomic E-state index is 13.1. The van der Waals surface area contributed by atoms with Gasteiger partial charge < -0.3 is 29.8 Å². The van der Waals surface area contributed by atoms with Crippen LogP contribution in [0.3, 0.4) is 0 Å². The smallest absolute Gasteiger partial charge is 0.422 e. The van der Waals surface area contributed by atoms with E-state index in [9.17, 15) is 32.3 Å². The van der Waals surface area contributed by atoms with Gasteiger partial charge in [0.2, 0.25) is 5.91 Å². The third-order valence-corrected chi connectivity index (χ3v) is 4.95. The van der Waals surface area contributed by atoms with E-state index in [-0.39, 0.29) is 12.1 Å². The first-order valence-corrected chi connectivity index (χ1v) is 11.3. The van der Waals surface area contributed by atoms with E-state index < -0.39 is 60.8 Å². The number of benzene rings is 1. The van der Waals surface area contributed by atoms with Crippen molar-refractivity contribution in [2.45, 2.75) is 64.4 Å². The van der Waals surface area contributed by atoms with E-state index >= 15 is 0 Å². The summed E-state index contributed by atoms with van der Waals surface area (Å²) in [6.45, 7) is 4.54. The number of halogens is 3. The number of nitrogens with one attached hydrogen (secondary N) is 3. The molecule has 2 rings (SSSR count). The summed E-state index contributed by atoms with van der Waals surface area (Å²) >= 11 is 0. The van der Waals surface area contributed by atoms with E-state index in [1.807, 2.05) is 0 Å². The van der Waals surface area contributed by atoms with Gasteiger partial charge in [-0.15, -0.1) is 0 Å². The Morgan fingerprint density at radius 3 is 2.30 bits per heavy atom. The summed E-state index contributed by atoms with van der Waals surface area (Å²) in [6, 6.07) is 4.44. The van der Waals surface area contributed by atoms with Crippen molar-refractivity contribution in [2.24, 2.45) is 0 Å². The monoisotopic (exact) mass is 529 g/mol. The lowest BCUT2D eigenvalue weighted by atomic mass is 10.00. The Hall–Kier alpha value is -3.77. The van der Waals surface area contributed by atoms with Gasteiger partial charge >= 0.3 is 24.2 Å². The fourth-order valence-electron chi connectivity index (χ4n) is 3.41. The molecule has 0 bridgehead atoms. The fraction of sp³-hybridized carbons (Fsp3) is 0.500. The second-order valence-electron chi connectivity index (χ2n) is 9.24. The third kappa shape index (κ3) is 9.32. The minimum absolute atomic E-state index is 0.190. The van der Waals surface area contributed by atoms with Crippen LogP contribution in [0.4, 0.5) is 18.0 Å². The van der Waals surface area contributed by atoms with Crippen LogP contribution < -0.4 is 10.6 Å². The van der Waals surface area contributed by atoms with E-state index in [1.54, 1.807) is 45.0 Å². The number of hydrogen-bond donors (Lipinski definition) is 3. The largest absolute Gasteiger partial charge is 0.467 e. The maximum atomic E-state index is 13.1. The van der Waals surface area contributed by atoms with Gasteiger partial charge in [-0.1, -0.05) is 18.2 Å². The van der Waals surface area contributed by atoms with Crippen LogP contribution >= 0.6 is 0 Å². The minimum atomic E-state index is -4.68. The SMILES string of the molecule is COC(=O)[C@H](C)NC(=O)[C@H](Cc1c(CC(=O)OCC(F)(F)F)[nH]c2ccccc12)NC(=O)OC(C)(C)C. The molecule has 0 radical (unpaired) electrons. The van der Waals surface area contributed by atoms with E-state index in [0.717, 1.165) is 7.11 Å². The molecule has 2 amide bonds. The predicted octanol–water partition coefficient (Wildman–Crippen LogP) is 2.93. The second kappa shape index (κ2) is 12.0. The average molecular weight is 530 g/mol. The Bertz CT molecular complexity index is 1140. The summed E-state index contributed by atoms with van der Waals surface area (Å²) < 4.78 is 51.6. The molecule has 204 valence electrons. The molecular formula is C24H30F3N3O7. The first-order valence-electron chi connectivity index (χ1n) is 11.3. The quantitative estimate of drug-likeness (QED) is 0.336. The molecule has 13 heteroatoms. The zero-order valence-corrected chi connectivity index (χ0v) is 21.1. The van der Waals surface area contributed by atoms with Crippen LogP contribution in [0.25, 0.3) is 10.9 Å². The van der Waals surface area contributed by atoms with Crippen molar-refractivity contribution in [1.29, 1.82) is 0 Å². The van der Waals surface area contributed by atoms with Crippen molar-refractivity contribution < 1.29 is 46.6 Å². The molecular weight excluding hydrogens is 499 g/mol. The normalized spacial score (nSPS) is 13.4. The number of methoxy groups -OCH3 is 1. The number of aromatic amines is 1. The molecule has 1 aromatic heterocycles. The molecule has 0 saturated carbocycles. The first kappa shape index (κ1) is 29.5. The van der Waals surface area contributed by atoms with Gasteiger partial charge in [-0.3, -0.25) is 9.59 Å². The Balaban J connectivity index is 2.39. The predicted molar refractivity (Wildman–Crippen MR) is 125 cm³/mol. The summed E-state index contributed by atoms with van der Waals surface area (Å²) in [4.78, 5) is 52.4. The molecule has 0 unspecified atom stereocenters. The highest BCUT2D eigenvalue weighted by molar-refractivity contribution is 5.92. The number of alkyl carbamates (subject to hydrolysis) is 1. The second-order valence-corrected chi connectivity index (χ2v) is 9.24. The number of amides is 2. The molecule has 0 fully saturated rings. The summed E-state index contributed by atoms with van der Waals surface area (Å²) in [6.07, 6.45) is -6.33. The molecule has 2 atom stereocenters. The first-order chi connectivity index (χ1) is 17.1. The Labute approximate surface area is 211 Å². The van der Waals surface area contributed by atoms with Crippen LogP contribution in [0, 0.1) is 0 Å². The van der Waals surface area contributed by atoms with Gasteiger partial charge in [0.05, 0.1) is 13.5 Å². The molecule has 0 aliphatic heterocycles. The van der Waals surface area contributed by atoms with Gasteiger partial charge in [0.25, 0.3) is 0 Å². The molecule has 37 heavy (non-hydrogen) atoms. The van der Waals surface area contributed by atoms with E-state index in [1.165, 1.54) is 6.92 Å². The number of H-pyrrole nitrogens is 1. The van der Waals surface area contributed by atoms with Gasteiger partial charge in [-0.05, 0) is 39.3 Å². The standard InChI is InChI=1S/C24H30F3N3O7/c1-13(21(33)35-5)28-20(32)18(30-22(34)37-23(2,3)4)10-15-14-8-6-7-9-16(14)29-17(15)11-19(31)36-12-24(25,26)27/h6-9,13,18,29H,10-12H2,1-5H3,(H,28,32)(H,30,34)/t13-,18-/m0/s1. The van der Waals surface area contributed by atoms with Crippen LogP contribution in [0.5, 0.6) is 0 Å². The number of rotatable bonds is 9. The van der Waals surface area contributed by atoms with Gasteiger partial charge in [0, 0.05) is 23.0 Å². The number of carbonyl (C=O) groups excluding carboxylic acids is 4. The molecule has 1 aromatic carbocycles. The zero-order chi connectivity index (χ0) is 28.0. The van der Waals surface area contributed by atoms with Crippen LogP contribution in [-0.2, 0) is 41.4 Å². The lowest BCUT2D eigenvalue weighted by molar-refractivity contribution is -0.185. The lowest BCUT2D eigenvalue weighted by Gasteiger charge is -2.24. The van der Waals surface area contributed by atoms with Gasteiger partial charge in [-0.2, -0.15) is 13.2 Å². The van der Waals surface area contributed by atoms with Crippen LogP contribution in [0.2, 0.25) is 0 Å². The fourth-order valence-corrected chi connectivity index (χ4v) is 3.41. The Kier molecular flexibility index (Phi) is 9.54. The highest BCUT2D eigenvalue weighted by Crippen LogP contribution is 2.25. The van der Waals surface area contributed by atoms with E-state index in [2.05, 4.69) is 25.1 Å². The number of carbonyl (C=O) groups is 4. The summed E-state index contributed by atoms with van der Waals surface area (Å²) in [7, 11) is 1.15. The van der Waals surface area contributed by atoms with Gasteiger partial charge in [0.15, 0.2) is 6.61 Å². The lowest BCUT2D eigenvalue weighted by Crippen LogP contribution is -2.52. The topological polar surface area (TPSA) is 136 Å². The Morgan fingerprint density at radius 1 is 1.05 bits per heavy atom. The van der Waals surface area contributed by atoms with Gasteiger partial charge in [-0.25, -0.2) is 9.59 Å². The summed E-state index contributed by atoms with van der Waals surface area (Å²) in [5.41, 5.74) is 0.272. The maximum Gasteiger partial charge on any atom is 0.422 e. The third-order valence-electron chi connectivity index (χ3n) is 4.95. The number of para-hydroxylation sites is 1. The van der Waals surface area contributed by atoms with E-state index in [0.29, 0.717) is 16.5 Å². The molecule has 1 heterocycles. The van der Waals surface area contributed by atoms with Crippen molar-refractivity contribution in [3.63, 3.8) is 0 Å². The van der Waals surface area contributed by atoms with Crippen molar-refractivity contribution in [3.8, 4) is 0 Å². The minimum Gasteiger partial charge on any atom is -0.467 e. The molecule has 2 aromatic rings. The summed E-state index contributed by atoms with van der Waals surface area (Å²) in [5.74, 6) is -2.60. The molecule has 0 spiro atoms. The highest BCUT2D eigenvalue weighted by Gasteiger charge is 2.31. The number of aromatic nitrogens is 1. The molecule has 0 saturated heterocycles. The molecule has 0 aliphatic rings. The summed E-state index contributed by atoms with van der Waals surface area (Å²) in [5, 5.41) is 5.48. The zero-order valence-electron chi connectivity index (χ0n) is 21.1. The average Bonchev–Trinajstić information content (AvgIpc) is 3.11. The molecule has 3 N–H and O–H groups in total. The number of alkyl halides is 3. The van der Waals surface area contributed by atoms with Crippen molar-refractivity contribution >= 4 is 34.8 Å². The van der Waals surface area contributed by atoms with Crippen LogP contribution in [0.1, 0.15) is 39.0 Å². The highest BCUT2D eigenvalue weighted by atomic mass is 19.4. The van der Waals surface area contributed by atoms with Crippen molar-refractivity contribution in [3.05, 3.63) is 35.5 Å². The Morgan fingerprint density at radius 2 is 1.70 bits per heavy atom. The van der Waals surface area contributed by atoms with Crippen LogP contribution in [0.15, 0.2) is 24.3 Å². The van der Waals surface area contributed by atoms with Crippen molar-refractivity contribution in [1.82, 2.24) is 15.6 Å². The van der Waals surface area contributed by atoms with Gasteiger partial charge in [0.1, 0.15) is 17.7 Å². The van der Waals surface area contributed by atoms with E-state index in [4.69, 9.17) is 4.74 Å². The molecule has 0 aliphatic carbocycles.